The number of nitrogens with zero attached hydrogens (tertiary/aromatic N) is 1. The van der Waals surface area contributed by atoms with Crippen LogP contribution in [0.15, 0.2) is 24.4 Å². The Labute approximate surface area is 131 Å². The van der Waals surface area contributed by atoms with Gasteiger partial charge in [-0.25, -0.2) is 22.9 Å². The standard InChI is InChI=1S/C15H8F3NO3S/c1-22-14-12(18)11(8(17)5-19-14)10-7-3-2-6(16)4-9(7)23-13(10)15(20)21/h2-5H,1H3,(H,20,21). The lowest BCUT2D eigenvalue weighted by molar-refractivity contribution is 0.0703. The number of ether oxygens (including phenoxy) is 1. The average Bonchev–Trinajstić information content (AvgIpc) is 2.86. The summed E-state index contributed by atoms with van der Waals surface area (Å²) in [6.45, 7) is 0. The van der Waals surface area contributed by atoms with Crippen LogP contribution in [-0.4, -0.2) is 23.2 Å². The van der Waals surface area contributed by atoms with Gasteiger partial charge in [0, 0.05) is 15.6 Å². The van der Waals surface area contributed by atoms with E-state index in [9.17, 15) is 23.1 Å². The molecule has 0 bridgehead atoms. The minimum Gasteiger partial charge on any atom is -0.479 e. The van der Waals surface area contributed by atoms with Gasteiger partial charge < -0.3 is 9.84 Å². The van der Waals surface area contributed by atoms with Gasteiger partial charge in [0.1, 0.15) is 10.7 Å². The normalized spacial score (nSPS) is 11.0. The van der Waals surface area contributed by atoms with Crippen molar-refractivity contribution < 1.29 is 27.8 Å². The van der Waals surface area contributed by atoms with Crippen LogP contribution < -0.4 is 4.74 Å². The fourth-order valence-corrected chi connectivity index (χ4v) is 3.36. The second-order valence-electron chi connectivity index (χ2n) is 4.56. The molecule has 2 heterocycles. The SMILES string of the molecule is COc1ncc(F)c(-c2c(C(=O)O)sc3cc(F)ccc23)c1F. The molecule has 0 spiro atoms. The van der Waals surface area contributed by atoms with Crippen molar-refractivity contribution in [2.24, 2.45) is 0 Å². The molecule has 4 nitrogen and oxygen atoms in total. The van der Waals surface area contributed by atoms with Crippen molar-refractivity contribution in [2.75, 3.05) is 7.11 Å². The van der Waals surface area contributed by atoms with Gasteiger partial charge >= 0.3 is 5.97 Å². The lowest BCUT2D eigenvalue weighted by Gasteiger charge is -2.08. The molecule has 1 aromatic carbocycles. The van der Waals surface area contributed by atoms with E-state index in [4.69, 9.17) is 4.74 Å². The van der Waals surface area contributed by atoms with Crippen LogP contribution in [0.2, 0.25) is 0 Å². The first-order valence-electron chi connectivity index (χ1n) is 6.27. The topological polar surface area (TPSA) is 59.4 Å². The van der Waals surface area contributed by atoms with Crippen LogP contribution >= 0.6 is 11.3 Å². The first kappa shape index (κ1) is 15.3. The number of halogens is 3. The Balaban J connectivity index is 2.45. The molecule has 23 heavy (non-hydrogen) atoms. The van der Waals surface area contributed by atoms with Crippen LogP contribution in [0.3, 0.4) is 0 Å². The van der Waals surface area contributed by atoms with Crippen LogP contribution in [0.1, 0.15) is 9.67 Å². The predicted octanol–water partition coefficient (Wildman–Crippen LogP) is 4.09. The van der Waals surface area contributed by atoms with Crippen molar-refractivity contribution in [1.82, 2.24) is 4.98 Å². The molecule has 0 saturated heterocycles. The number of fused-ring (bicyclic) bond motifs is 1. The summed E-state index contributed by atoms with van der Waals surface area (Å²) in [4.78, 5) is 14.6. The van der Waals surface area contributed by atoms with Gasteiger partial charge in [0.2, 0.25) is 0 Å². The van der Waals surface area contributed by atoms with Crippen LogP contribution in [0, 0.1) is 17.5 Å². The van der Waals surface area contributed by atoms with Crippen LogP contribution in [-0.2, 0) is 0 Å². The smallest absolute Gasteiger partial charge is 0.346 e. The lowest BCUT2D eigenvalue weighted by atomic mass is 10.0. The van der Waals surface area contributed by atoms with Crippen LogP contribution in [0.5, 0.6) is 5.88 Å². The zero-order chi connectivity index (χ0) is 16.7. The number of hydrogen-bond donors (Lipinski definition) is 1. The van der Waals surface area contributed by atoms with Gasteiger partial charge in [-0.3, -0.25) is 0 Å². The lowest BCUT2D eigenvalue weighted by Crippen LogP contribution is -2.01. The Morgan fingerprint density at radius 1 is 1.26 bits per heavy atom. The summed E-state index contributed by atoms with van der Waals surface area (Å²) in [5.41, 5.74) is -0.722. The van der Waals surface area contributed by atoms with Gasteiger partial charge in [-0.15, -0.1) is 11.3 Å². The summed E-state index contributed by atoms with van der Waals surface area (Å²) in [5, 5.41) is 9.57. The molecular weight excluding hydrogens is 331 g/mol. The van der Waals surface area contributed by atoms with Gasteiger partial charge in [0.15, 0.2) is 11.6 Å². The highest BCUT2D eigenvalue weighted by atomic mass is 32.1. The molecule has 0 saturated carbocycles. The molecule has 0 aliphatic heterocycles. The summed E-state index contributed by atoms with van der Waals surface area (Å²) < 4.78 is 46.9. The molecule has 2 aromatic heterocycles. The molecule has 0 aliphatic carbocycles. The molecule has 3 rings (SSSR count). The number of rotatable bonds is 3. The number of methoxy groups -OCH3 is 1. The highest BCUT2D eigenvalue weighted by Gasteiger charge is 2.26. The second kappa shape index (κ2) is 5.54. The van der Waals surface area contributed by atoms with Crippen LogP contribution in [0.25, 0.3) is 21.2 Å². The third-order valence-electron chi connectivity index (χ3n) is 3.23. The zero-order valence-electron chi connectivity index (χ0n) is 11.6. The van der Waals surface area contributed by atoms with Crippen molar-refractivity contribution in [3.05, 3.63) is 46.7 Å². The van der Waals surface area contributed by atoms with E-state index in [1.54, 1.807) is 0 Å². The first-order valence-corrected chi connectivity index (χ1v) is 7.09. The molecular formula is C15H8F3NO3S. The van der Waals surface area contributed by atoms with E-state index in [0.717, 1.165) is 36.8 Å². The Bertz CT molecular complexity index is 939. The zero-order valence-corrected chi connectivity index (χ0v) is 12.4. The van der Waals surface area contributed by atoms with Gasteiger partial charge in [0.05, 0.1) is 18.9 Å². The number of carboxylic acid groups (broad SMARTS) is 1. The number of hydrogen-bond acceptors (Lipinski definition) is 4. The number of thiophene rings is 1. The van der Waals surface area contributed by atoms with Gasteiger partial charge in [0.25, 0.3) is 5.88 Å². The second-order valence-corrected chi connectivity index (χ2v) is 5.61. The monoisotopic (exact) mass is 339 g/mol. The molecule has 0 unspecified atom stereocenters. The molecule has 0 radical (unpaired) electrons. The minimum absolute atomic E-state index is 0.159. The Hall–Kier alpha value is -2.61. The van der Waals surface area contributed by atoms with Crippen molar-refractivity contribution in [2.45, 2.75) is 0 Å². The highest BCUT2D eigenvalue weighted by molar-refractivity contribution is 7.21. The van der Waals surface area contributed by atoms with E-state index in [2.05, 4.69) is 4.98 Å². The largest absolute Gasteiger partial charge is 0.479 e. The molecule has 1 N–H and O–H groups in total. The molecule has 0 aliphatic rings. The maximum Gasteiger partial charge on any atom is 0.346 e. The fourth-order valence-electron chi connectivity index (χ4n) is 2.29. The molecule has 0 amide bonds. The van der Waals surface area contributed by atoms with Crippen molar-refractivity contribution >= 4 is 27.4 Å². The number of aromatic carboxylic acids is 1. The average molecular weight is 339 g/mol. The quantitative estimate of drug-likeness (QED) is 0.781. The van der Waals surface area contributed by atoms with Crippen molar-refractivity contribution in [3.8, 4) is 17.0 Å². The number of benzene rings is 1. The summed E-state index contributed by atoms with van der Waals surface area (Å²) in [6.07, 6.45) is 0.746. The van der Waals surface area contributed by atoms with Gasteiger partial charge in [-0.05, 0) is 18.2 Å². The summed E-state index contributed by atoms with van der Waals surface area (Å²) >= 11 is 0.738. The third kappa shape index (κ3) is 2.40. The van der Waals surface area contributed by atoms with E-state index >= 15 is 0 Å². The molecule has 0 fully saturated rings. The van der Waals surface area contributed by atoms with Gasteiger partial charge in [-0.2, -0.15) is 0 Å². The predicted molar refractivity (Wildman–Crippen MR) is 78.4 cm³/mol. The number of aromatic nitrogens is 1. The fraction of sp³-hybridized carbons (Fsp3) is 0.0667. The number of carbonyl (C=O) groups is 1. The molecule has 3 aromatic rings. The first-order chi connectivity index (χ1) is 10.9. The van der Waals surface area contributed by atoms with E-state index in [0.29, 0.717) is 0 Å². The van der Waals surface area contributed by atoms with Crippen molar-refractivity contribution in [3.63, 3.8) is 0 Å². The third-order valence-corrected chi connectivity index (χ3v) is 4.37. The van der Waals surface area contributed by atoms with E-state index in [1.807, 2.05) is 0 Å². The number of carboxylic acids is 1. The maximum absolute atomic E-state index is 14.5. The Morgan fingerprint density at radius 3 is 2.65 bits per heavy atom. The highest BCUT2D eigenvalue weighted by Crippen LogP contribution is 2.42. The number of pyridine rings is 1. The molecule has 8 heteroatoms. The van der Waals surface area contributed by atoms with E-state index in [1.165, 1.54) is 6.07 Å². The van der Waals surface area contributed by atoms with E-state index < -0.39 is 34.9 Å². The van der Waals surface area contributed by atoms with Crippen molar-refractivity contribution in [1.29, 1.82) is 0 Å². The maximum atomic E-state index is 14.5. The molecule has 118 valence electrons. The summed E-state index contributed by atoms with van der Waals surface area (Å²) in [6, 6.07) is 3.50. The minimum atomic E-state index is -1.36. The summed E-state index contributed by atoms with van der Waals surface area (Å²) in [5.74, 6) is -4.54. The Morgan fingerprint density at radius 2 is 2.00 bits per heavy atom. The Kier molecular flexibility index (Phi) is 3.69. The van der Waals surface area contributed by atoms with E-state index in [-0.39, 0.29) is 20.5 Å². The summed E-state index contributed by atoms with van der Waals surface area (Å²) in [7, 11) is 1.16. The van der Waals surface area contributed by atoms with Crippen LogP contribution in [0.4, 0.5) is 13.2 Å². The van der Waals surface area contributed by atoms with Gasteiger partial charge in [-0.1, -0.05) is 0 Å². The molecule has 0 atom stereocenters.